The van der Waals surface area contributed by atoms with Crippen LogP contribution in [0.15, 0.2) is 42.5 Å². The van der Waals surface area contributed by atoms with Crippen molar-refractivity contribution in [1.82, 2.24) is 15.3 Å². The monoisotopic (exact) mass is 412 g/mol. The molecule has 30 heavy (non-hydrogen) atoms. The molecule has 1 heterocycles. The van der Waals surface area contributed by atoms with E-state index in [4.69, 9.17) is 9.47 Å². The molecule has 0 saturated carbocycles. The Morgan fingerprint density at radius 3 is 2.53 bits per heavy atom. The molecule has 0 aliphatic carbocycles. The largest absolute Gasteiger partial charge is 0.497 e. The van der Waals surface area contributed by atoms with Crippen LogP contribution >= 0.6 is 0 Å². The number of hydrogen-bond acceptors (Lipinski definition) is 6. The Bertz CT molecular complexity index is 1050. The lowest BCUT2D eigenvalue weighted by molar-refractivity contribution is -0.384. The van der Waals surface area contributed by atoms with Crippen molar-refractivity contribution in [2.75, 3.05) is 7.11 Å². The van der Waals surface area contributed by atoms with Gasteiger partial charge in [-0.15, -0.1) is 0 Å². The molecule has 1 atom stereocenters. The van der Waals surface area contributed by atoms with Gasteiger partial charge in [-0.2, -0.15) is 0 Å². The molecule has 0 aliphatic rings. The Labute approximate surface area is 173 Å². The number of nitrogens with zero attached hydrogens (tertiary/aromatic N) is 2. The second-order valence-electron chi connectivity index (χ2n) is 7.83. The number of nitro benzene ring substituents is 1. The van der Waals surface area contributed by atoms with Gasteiger partial charge in [0.05, 0.1) is 29.1 Å². The first-order valence-corrected chi connectivity index (χ1v) is 9.41. The molecule has 0 spiro atoms. The van der Waals surface area contributed by atoms with E-state index in [1.54, 1.807) is 33.9 Å². The predicted octanol–water partition coefficient (Wildman–Crippen LogP) is 4.29. The highest BCUT2D eigenvalue weighted by Crippen LogP contribution is 2.24. The van der Waals surface area contributed by atoms with Gasteiger partial charge in [0.25, 0.3) is 5.69 Å². The van der Waals surface area contributed by atoms with E-state index in [1.807, 2.05) is 24.3 Å². The zero-order chi connectivity index (χ0) is 21.9. The van der Waals surface area contributed by atoms with Crippen LogP contribution < -0.4 is 10.1 Å². The zero-order valence-corrected chi connectivity index (χ0v) is 17.3. The summed E-state index contributed by atoms with van der Waals surface area (Å²) in [4.78, 5) is 30.6. The Morgan fingerprint density at radius 1 is 1.23 bits per heavy atom. The number of rotatable bonds is 6. The lowest BCUT2D eigenvalue weighted by Crippen LogP contribution is -2.36. The van der Waals surface area contributed by atoms with Crippen molar-refractivity contribution in [2.45, 2.75) is 38.8 Å². The molecule has 3 rings (SSSR count). The van der Waals surface area contributed by atoms with Gasteiger partial charge in [0, 0.05) is 18.6 Å². The molecule has 158 valence electrons. The summed E-state index contributed by atoms with van der Waals surface area (Å²) < 4.78 is 10.6. The summed E-state index contributed by atoms with van der Waals surface area (Å²) in [5.41, 5.74) is 1.35. The fraction of sp³-hybridized carbons (Fsp3) is 0.333. The third-order valence-electron chi connectivity index (χ3n) is 4.31. The summed E-state index contributed by atoms with van der Waals surface area (Å²) in [7, 11) is 1.59. The molecule has 9 heteroatoms. The van der Waals surface area contributed by atoms with Crippen LogP contribution in [-0.2, 0) is 11.2 Å². The molecule has 1 aromatic heterocycles. The highest BCUT2D eigenvalue weighted by molar-refractivity contribution is 5.78. The number of amides is 1. The molecule has 1 amide bonds. The molecule has 0 radical (unpaired) electrons. The van der Waals surface area contributed by atoms with E-state index in [-0.39, 0.29) is 5.69 Å². The van der Waals surface area contributed by atoms with Gasteiger partial charge in [0.15, 0.2) is 0 Å². The van der Waals surface area contributed by atoms with Crippen LogP contribution in [0.25, 0.3) is 11.0 Å². The highest BCUT2D eigenvalue weighted by atomic mass is 16.6. The summed E-state index contributed by atoms with van der Waals surface area (Å²) in [5, 5.41) is 13.9. The van der Waals surface area contributed by atoms with Crippen LogP contribution in [-0.4, -0.2) is 33.7 Å². The molecule has 0 bridgehead atoms. The lowest BCUT2D eigenvalue weighted by Gasteiger charge is -2.23. The molecular formula is C21H24N4O5. The number of benzene rings is 2. The van der Waals surface area contributed by atoms with Crippen molar-refractivity contribution < 1.29 is 19.2 Å². The number of nitrogens with one attached hydrogen (secondary N) is 2. The number of non-ortho nitro benzene ring substituents is 1. The average molecular weight is 412 g/mol. The normalized spacial score (nSPS) is 12.4. The molecule has 2 N–H and O–H groups in total. The number of methoxy groups -OCH3 is 1. The Kier molecular flexibility index (Phi) is 5.91. The van der Waals surface area contributed by atoms with Gasteiger partial charge in [-0.1, -0.05) is 12.1 Å². The Hall–Kier alpha value is -3.62. The van der Waals surface area contributed by atoms with Crippen LogP contribution in [0.5, 0.6) is 5.75 Å². The fourth-order valence-corrected chi connectivity index (χ4v) is 2.96. The average Bonchev–Trinajstić information content (AvgIpc) is 3.09. The molecule has 0 fully saturated rings. The van der Waals surface area contributed by atoms with Gasteiger partial charge in [0.1, 0.15) is 17.2 Å². The Balaban J connectivity index is 1.91. The summed E-state index contributed by atoms with van der Waals surface area (Å²) in [6.07, 6.45) is -0.141. The number of imidazole rings is 1. The second-order valence-corrected chi connectivity index (χ2v) is 7.83. The number of alkyl carbamates (subject to hydrolysis) is 1. The van der Waals surface area contributed by atoms with Gasteiger partial charge in [0.2, 0.25) is 0 Å². The minimum atomic E-state index is -0.650. The summed E-state index contributed by atoms with van der Waals surface area (Å²) in [6, 6.07) is 11.3. The number of hydrogen-bond donors (Lipinski definition) is 2. The van der Waals surface area contributed by atoms with Crippen molar-refractivity contribution in [3.8, 4) is 5.75 Å². The van der Waals surface area contributed by atoms with Crippen molar-refractivity contribution in [1.29, 1.82) is 0 Å². The van der Waals surface area contributed by atoms with E-state index in [2.05, 4.69) is 15.3 Å². The van der Waals surface area contributed by atoms with E-state index in [1.165, 1.54) is 12.1 Å². The molecular weight excluding hydrogens is 388 g/mol. The van der Waals surface area contributed by atoms with Gasteiger partial charge in [-0.3, -0.25) is 10.1 Å². The number of ether oxygens (including phenoxy) is 2. The number of fused-ring (bicyclic) bond motifs is 1. The van der Waals surface area contributed by atoms with Crippen LogP contribution in [0.1, 0.15) is 38.2 Å². The van der Waals surface area contributed by atoms with Crippen molar-refractivity contribution in [2.24, 2.45) is 0 Å². The van der Waals surface area contributed by atoms with Crippen LogP contribution in [0.3, 0.4) is 0 Å². The smallest absolute Gasteiger partial charge is 0.408 e. The minimum Gasteiger partial charge on any atom is -0.497 e. The molecule has 0 saturated heterocycles. The van der Waals surface area contributed by atoms with Crippen LogP contribution in [0.4, 0.5) is 10.5 Å². The third kappa shape index (κ3) is 5.25. The number of aromatic nitrogens is 2. The maximum atomic E-state index is 12.4. The van der Waals surface area contributed by atoms with E-state index < -0.39 is 22.7 Å². The van der Waals surface area contributed by atoms with Crippen LogP contribution in [0.2, 0.25) is 0 Å². The molecule has 9 nitrogen and oxygen atoms in total. The highest BCUT2D eigenvalue weighted by Gasteiger charge is 2.23. The third-order valence-corrected chi connectivity index (χ3v) is 4.31. The molecule has 3 aromatic rings. The van der Waals surface area contributed by atoms with Gasteiger partial charge >= 0.3 is 6.09 Å². The van der Waals surface area contributed by atoms with Crippen molar-refractivity contribution in [3.63, 3.8) is 0 Å². The minimum absolute atomic E-state index is 0.0375. The fourth-order valence-electron chi connectivity index (χ4n) is 2.96. The number of H-pyrrole nitrogens is 1. The zero-order valence-electron chi connectivity index (χ0n) is 17.3. The molecule has 0 aliphatic heterocycles. The SMILES string of the molecule is COc1ccc(C[C@@H](NC(=O)OC(C)(C)C)c2nc3ccc([N+](=O)[O-])cc3[nH]2)cc1. The lowest BCUT2D eigenvalue weighted by atomic mass is 10.1. The van der Waals surface area contributed by atoms with E-state index in [0.717, 1.165) is 11.3 Å². The first-order chi connectivity index (χ1) is 14.1. The van der Waals surface area contributed by atoms with Gasteiger partial charge < -0.3 is 19.8 Å². The molecule has 2 aromatic carbocycles. The quantitative estimate of drug-likeness (QED) is 0.460. The second kappa shape index (κ2) is 8.40. The van der Waals surface area contributed by atoms with Crippen molar-refractivity contribution >= 4 is 22.8 Å². The van der Waals surface area contributed by atoms with E-state index in [0.29, 0.717) is 23.3 Å². The van der Waals surface area contributed by atoms with Crippen molar-refractivity contribution in [3.05, 3.63) is 64.0 Å². The topological polar surface area (TPSA) is 119 Å². The van der Waals surface area contributed by atoms with E-state index in [9.17, 15) is 14.9 Å². The number of carbonyl (C=O) groups excluding carboxylic acids is 1. The summed E-state index contributed by atoms with van der Waals surface area (Å²) in [6.45, 7) is 5.35. The predicted molar refractivity (Wildman–Crippen MR) is 112 cm³/mol. The number of aromatic amines is 1. The number of carbonyl (C=O) groups is 1. The standard InChI is InChI=1S/C21H24N4O5/c1-21(2,3)30-20(26)24-18(11-13-5-8-15(29-4)9-6-13)19-22-16-10-7-14(25(27)28)12-17(16)23-19/h5-10,12,18H,11H2,1-4H3,(H,22,23)(H,24,26)/t18-/m1/s1. The van der Waals surface area contributed by atoms with Gasteiger partial charge in [-0.25, -0.2) is 9.78 Å². The van der Waals surface area contributed by atoms with E-state index >= 15 is 0 Å². The first kappa shape index (κ1) is 21.1. The molecule has 0 unspecified atom stereocenters. The number of nitro groups is 1. The summed E-state index contributed by atoms with van der Waals surface area (Å²) in [5.74, 6) is 1.21. The maximum absolute atomic E-state index is 12.4. The maximum Gasteiger partial charge on any atom is 0.408 e. The first-order valence-electron chi connectivity index (χ1n) is 9.41. The Morgan fingerprint density at radius 2 is 1.93 bits per heavy atom. The summed E-state index contributed by atoms with van der Waals surface area (Å²) >= 11 is 0. The van der Waals surface area contributed by atoms with Crippen LogP contribution in [0, 0.1) is 10.1 Å². The van der Waals surface area contributed by atoms with Gasteiger partial charge in [-0.05, 0) is 44.5 Å².